The second-order valence-corrected chi connectivity index (χ2v) is 9.72. The Labute approximate surface area is 240 Å². The number of amides is 2. The number of benzene rings is 3. The van der Waals surface area contributed by atoms with E-state index < -0.39 is 17.7 Å². The number of rotatable bonds is 9. The van der Waals surface area contributed by atoms with Crippen molar-refractivity contribution in [2.24, 2.45) is 0 Å². The van der Waals surface area contributed by atoms with Gasteiger partial charge in [0.1, 0.15) is 24.1 Å². The number of nitriles is 1. The number of methoxy groups -OCH3 is 1. The van der Waals surface area contributed by atoms with E-state index in [-0.39, 0.29) is 46.3 Å². The lowest BCUT2D eigenvalue weighted by Gasteiger charge is -2.34. The minimum Gasteiger partial charge on any atom is -0.490 e. The van der Waals surface area contributed by atoms with Gasteiger partial charge in [0.15, 0.2) is 0 Å². The first kappa shape index (κ1) is 28.4. The summed E-state index contributed by atoms with van der Waals surface area (Å²) in [4.78, 5) is 28.3. The number of carbonyl (C=O) groups excluding carboxylic acids is 2. The van der Waals surface area contributed by atoms with E-state index in [1.165, 1.54) is 77.5 Å². The van der Waals surface area contributed by atoms with Crippen molar-refractivity contribution in [2.75, 3.05) is 30.5 Å². The first-order valence-corrected chi connectivity index (χ1v) is 13.1. The van der Waals surface area contributed by atoms with Crippen LogP contribution in [0.4, 0.5) is 20.2 Å². The number of carbonyl (C=O) groups is 2. The number of fused-ring (bicyclic) bond motifs is 1. The molecule has 0 saturated carbocycles. The summed E-state index contributed by atoms with van der Waals surface area (Å²) in [6, 6.07) is 19.2. The number of anilines is 2. The summed E-state index contributed by atoms with van der Waals surface area (Å²) in [7, 11) is 1.53. The Morgan fingerprint density at radius 2 is 1.81 bits per heavy atom. The minimum atomic E-state index is -3.20. The molecule has 2 heterocycles. The van der Waals surface area contributed by atoms with Gasteiger partial charge in [0.2, 0.25) is 0 Å². The van der Waals surface area contributed by atoms with Crippen molar-refractivity contribution < 1.29 is 27.8 Å². The maximum atomic E-state index is 15.1. The van der Waals surface area contributed by atoms with Crippen LogP contribution in [0.25, 0.3) is 0 Å². The van der Waals surface area contributed by atoms with Crippen LogP contribution >= 0.6 is 0 Å². The maximum absolute atomic E-state index is 15.1. The first-order valence-electron chi connectivity index (χ1n) is 13.1. The smallest absolute Gasteiger partial charge is 0.298 e. The highest BCUT2D eigenvalue weighted by molar-refractivity contribution is 6.13. The number of ether oxygens (including phenoxy) is 2. The minimum absolute atomic E-state index is 0.125. The third kappa shape index (κ3) is 5.44. The number of halogens is 2. The van der Waals surface area contributed by atoms with Crippen LogP contribution in [0.15, 0.2) is 79.0 Å². The van der Waals surface area contributed by atoms with Gasteiger partial charge in [-0.15, -0.1) is 0 Å². The van der Waals surface area contributed by atoms with Crippen molar-refractivity contribution in [1.29, 1.82) is 5.26 Å². The zero-order valence-electron chi connectivity index (χ0n) is 22.9. The molecule has 9 nitrogen and oxygen atoms in total. The molecule has 11 heteroatoms. The molecule has 1 aliphatic rings. The summed E-state index contributed by atoms with van der Waals surface area (Å²) >= 11 is 0. The lowest BCUT2D eigenvalue weighted by Crippen LogP contribution is -2.47. The van der Waals surface area contributed by atoms with Gasteiger partial charge < -0.3 is 19.7 Å². The maximum Gasteiger partial charge on any atom is 0.298 e. The average molecular weight is 572 g/mol. The molecule has 1 N–H and O–H groups in total. The molecular formula is C31H27F2N5O4. The van der Waals surface area contributed by atoms with Crippen LogP contribution in [-0.2, 0) is 17.2 Å². The van der Waals surface area contributed by atoms with Crippen molar-refractivity contribution in [2.45, 2.75) is 25.4 Å². The lowest BCUT2D eigenvalue weighted by molar-refractivity contribution is 0.0428. The molecule has 2 amide bonds. The average Bonchev–Trinajstić information content (AvgIpc) is 3.40. The van der Waals surface area contributed by atoms with E-state index in [1.54, 1.807) is 18.2 Å². The molecule has 4 aromatic rings. The monoisotopic (exact) mass is 571 g/mol. The van der Waals surface area contributed by atoms with Crippen LogP contribution in [0.3, 0.4) is 0 Å². The van der Waals surface area contributed by atoms with Crippen molar-refractivity contribution in [1.82, 2.24) is 9.78 Å². The number of nitrogens with one attached hydrogen (secondary N) is 1. The number of hydrogen-bond donors (Lipinski definition) is 1. The van der Waals surface area contributed by atoms with E-state index in [9.17, 15) is 14.9 Å². The van der Waals surface area contributed by atoms with Crippen LogP contribution < -0.4 is 15.0 Å². The zero-order chi connectivity index (χ0) is 29.9. The number of aromatic nitrogens is 2. The Bertz CT molecular complexity index is 1650. The highest BCUT2D eigenvalue weighted by Gasteiger charge is 2.37. The van der Waals surface area contributed by atoms with Gasteiger partial charge in [-0.1, -0.05) is 42.5 Å². The van der Waals surface area contributed by atoms with E-state index in [0.717, 1.165) is 0 Å². The van der Waals surface area contributed by atoms with Gasteiger partial charge in [-0.2, -0.15) is 19.1 Å². The number of alkyl halides is 2. The second-order valence-electron chi connectivity index (χ2n) is 9.72. The van der Waals surface area contributed by atoms with Gasteiger partial charge in [0, 0.05) is 29.5 Å². The fraction of sp³-hybridized carbons (Fsp3) is 0.226. The molecule has 1 aliphatic heterocycles. The Morgan fingerprint density at radius 3 is 2.50 bits per heavy atom. The number of hydrogen-bond acceptors (Lipinski definition) is 6. The summed E-state index contributed by atoms with van der Waals surface area (Å²) < 4.78 is 42.1. The Kier molecular flexibility index (Phi) is 7.99. The third-order valence-corrected chi connectivity index (χ3v) is 6.94. The quantitative estimate of drug-likeness (QED) is 0.276. The van der Waals surface area contributed by atoms with Gasteiger partial charge in [0.25, 0.3) is 17.7 Å². The first-order chi connectivity index (χ1) is 20.2. The normalized spacial score (nSPS) is 14.7. The lowest BCUT2D eigenvalue weighted by atomic mass is 9.99. The van der Waals surface area contributed by atoms with Crippen LogP contribution in [0, 0.1) is 11.3 Å². The molecule has 3 aromatic carbocycles. The molecule has 5 rings (SSSR count). The van der Waals surface area contributed by atoms with Crippen molar-refractivity contribution >= 4 is 23.2 Å². The van der Waals surface area contributed by atoms with Gasteiger partial charge in [0.05, 0.1) is 36.6 Å². The molecule has 0 radical (unpaired) electrons. The fourth-order valence-electron chi connectivity index (χ4n) is 4.82. The third-order valence-electron chi connectivity index (χ3n) is 6.94. The van der Waals surface area contributed by atoms with Crippen LogP contribution in [0.5, 0.6) is 5.75 Å². The van der Waals surface area contributed by atoms with E-state index in [1.807, 2.05) is 13.0 Å². The molecule has 0 spiro atoms. The van der Waals surface area contributed by atoms with Gasteiger partial charge in [-0.25, -0.2) is 0 Å². The van der Waals surface area contributed by atoms with Crippen LogP contribution in [0.1, 0.15) is 44.5 Å². The van der Waals surface area contributed by atoms with Crippen molar-refractivity contribution in [3.05, 3.63) is 107 Å². The molecule has 214 valence electrons. The predicted octanol–water partition coefficient (Wildman–Crippen LogP) is 5.22. The second kappa shape index (κ2) is 11.8. The summed E-state index contributed by atoms with van der Waals surface area (Å²) in [6.07, 6.45) is 1.39. The molecule has 1 unspecified atom stereocenters. The van der Waals surface area contributed by atoms with Gasteiger partial charge in [-0.3, -0.25) is 14.3 Å². The van der Waals surface area contributed by atoms with E-state index in [4.69, 9.17) is 9.47 Å². The molecule has 0 saturated heterocycles. The summed E-state index contributed by atoms with van der Waals surface area (Å²) in [6.45, 7) is 2.74. The van der Waals surface area contributed by atoms with Crippen molar-refractivity contribution in [3.8, 4) is 11.8 Å². The highest BCUT2D eigenvalue weighted by Crippen LogP contribution is 2.37. The van der Waals surface area contributed by atoms with Crippen molar-refractivity contribution in [3.63, 3.8) is 0 Å². The zero-order valence-corrected chi connectivity index (χ0v) is 22.9. The Balaban J connectivity index is 1.36. The van der Waals surface area contributed by atoms with Gasteiger partial charge in [-0.05, 0) is 37.3 Å². The van der Waals surface area contributed by atoms with Crippen LogP contribution in [-0.4, -0.2) is 48.0 Å². The van der Waals surface area contributed by atoms with E-state index in [0.29, 0.717) is 24.6 Å². The summed E-state index contributed by atoms with van der Waals surface area (Å²) in [5.74, 6) is -3.87. The van der Waals surface area contributed by atoms with Crippen LogP contribution in [0.2, 0.25) is 0 Å². The molecule has 0 aliphatic carbocycles. The Morgan fingerprint density at radius 1 is 1.10 bits per heavy atom. The molecule has 1 aromatic heterocycles. The topological polar surface area (TPSA) is 109 Å². The summed E-state index contributed by atoms with van der Waals surface area (Å²) in [5, 5.41) is 16.5. The van der Waals surface area contributed by atoms with Gasteiger partial charge >= 0.3 is 0 Å². The molecule has 42 heavy (non-hydrogen) atoms. The Hall–Kier alpha value is -5.08. The molecular weight excluding hydrogens is 544 g/mol. The summed E-state index contributed by atoms with van der Waals surface area (Å²) in [5.41, 5.74) is 0.821. The number of nitrogens with zero attached hydrogens (tertiary/aromatic N) is 4. The molecule has 1 atom stereocenters. The molecule has 0 bridgehead atoms. The standard InChI is InChI=1S/C31H27F2N5O4/c1-20-19-37-28(26(18-35-37)36-29(39)21-8-13-27(22(16-21)17-34)42-15-14-41-2)30(40)38(20)25-11-9-24(10-12-25)31(32,33)23-6-4-3-5-7-23/h3-13,16,18,20H,14-15,19H2,1-2H3,(H,36,39). The molecule has 0 fully saturated rings. The largest absolute Gasteiger partial charge is 0.490 e. The fourth-order valence-corrected chi connectivity index (χ4v) is 4.82. The van der Waals surface area contributed by atoms with E-state index in [2.05, 4.69) is 10.4 Å². The van der Waals surface area contributed by atoms with E-state index >= 15 is 8.78 Å². The highest BCUT2D eigenvalue weighted by atomic mass is 19.3. The SMILES string of the molecule is COCCOc1ccc(C(=O)Nc2cnn3c2C(=O)N(c2ccc(C(F)(F)c4ccccc4)cc2)C(C)C3)cc1C#N. The predicted molar refractivity (Wildman–Crippen MR) is 151 cm³/mol.